The molecule has 1 aromatic rings. The summed E-state index contributed by atoms with van der Waals surface area (Å²) in [5.74, 6) is 0.735. The lowest BCUT2D eigenvalue weighted by Crippen LogP contribution is -2.39. The number of rotatable bonds is 3. The number of benzene rings is 1. The zero-order valence-corrected chi connectivity index (χ0v) is 11.8. The lowest BCUT2D eigenvalue weighted by atomic mass is 9.96. The molecule has 1 heterocycles. The van der Waals surface area contributed by atoms with Gasteiger partial charge in [-0.1, -0.05) is 13.0 Å². The molecule has 19 heavy (non-hydrogen) atoms. The summed E-state index contributed by atoms with van der Waals surface area (Å²) >= 11 is 0. The van der Waals surface area contributed by atoms with Crippen molar-refractivity contribution in [3.8, 4) is 5.75 Å². The summed E-state index contributed by atoms with van der Waals surface area (Å²) in [6.45, 7) is 8.29. The van der Waals surface area contributed by atoms with Gasteiger partial charge in [0.1, 0.15) is 5.75 Å². The van der Waals surface area contributed by atoms with Crippen molar-refractivity contribution in [2.24, 2.45) is 11.8 Å². The van der Waals surface area contributed by atoms with Crippen molar-refractivity contribution in [1.82, 2.24) is 5.32 Å². The van der Waals surface area contributed by atoms with E-state index in [1.807, 2.05) is 19.9 Å². The van der Waals surface area contributed by atoms with Crippen LogP contribution in [0, 0.1) is 18.8 Å². The SMILES string of the molecule is CCN(C(=O)C1CNCC1C)c1cc(O)ccc1C. The molecular formula is C15H22N2O2. The van der Waals surface area contributed by atoms with Crippen LogP contribution in [0.1, 0.15) is 19.4 Å². The third-order valence-corrected chi connectivity index (χ3v) is 3.90. The minimum absolute atomic E-state index is 0.0294. The Morgan fingerprint density at radius 1 is 1.47 bits per heavy atom. The van der Waals surface area contributed by atoms with Gasteiger partial charge in [0.05, 0.1) is 11.6 Å². The second kappa shape index (κ2) is 5.61. The molecule has 1 aromatic carbocycles. The number of aromatic hydroxyl groups is 1. The molecule has 0 radical (unpaired) electrons. The van der Waals surface area contributed by atoms with Crippen LogP contribution in [0.15, 0.2) is 18.2 Å². The Hall–Kier alpha value is -1.55. The average molecular weight is 262 g/mol. The first kappa shape index (κ1) is 13.9. The first-order valence-electron chi connectivity index (χ1n) is 6.86. The van der Waals surface area contributed by atoms with E-state index in [1.165, 1.54) is 0 Å². The van der Waals surface area contributed by atoms with Crippen molar-refractivity contribution >= 4 is 11.6 Å². The summed E-state index contributed by atoms with van der Waals surface area (Å²) in [6.07, 6.45) is 0. The van der Waals surface area contributed by atoms with E-state index in [9.17, 15) is 9.90 Å². The first-order chi connectivity index (χ1) is 9.04. The van der Waals surface area contributed by atoms with Gasteiger partial charge in [0, 0.05) is 19.2 Å². The highest BCUT2D eigenvalue weighted by molar-refractivity contribution is 5.96. The molecular weight excluding hydrogens is 240 g/mol. The molecule has 1 fully saturated rings. The fourth-order valence-electron chi connectivity index (χ4n) is 2.67. The van der Waals surface area contributed by atoms with Gasteiger partial charge >= 0.3 is 0 Å². The van der Waals surface area contributed by atoms with E-state index in [1.54, 1.807) is 17.0 Å². The highest BCUT2D eigenvalue weighted by atomic mass is 16.3. The molecule has 1 saturated heterocycles. The number of hydrogen-bond donors (Lipinski definition) is 2. The smallest absolute Gasteiger partial charge is 0.231 e. The normalized spacial score (nSPS) is 22.5. The van der Waals surface area contributed by atoms with Crippen molar-refractivity contribution < 1.29 is 9.90 Å². The van der Waals surface area contributed by atoms with E-state index in [0.717, 1.165) is 24.3 Å². The Labute approximate surface area is 114 Å². The van der Waals surface area contributed by atoms with Gasteiger partial charge < -0.3 is 15.3 Å². The first-order valence-corrected chi connectivity index (χ1v) is 6.86. The van der Waals surface area contributed by atoms with Crippen LogP contribution < -0.4 is 10.2 Å². The van der Waals surface area contributed by atoms with Crippen LogP contribution in [0.25, 0.3) is 0 Å². The van der Waals surface area contributed by atoms with E-state index in [4.69, 9.17) is 0 Å². The molecule has 1 amide bonds. The summed E-state index contributed by atoms with van der Waals surface area (Å²) in [5.41, 5.74) is 1.82. The average Bonchev–Trinajstić information content (AvgIpc) is 2.80. The maximum Gasteiger partial charge on any atom is 0.231 e. The molecule has 4 nitrogen and oxygen atoms in total. The van der Waals surface area contributed by atoms with Crippen LogP contribution in [-0.4, -0.2) is 30.6 Å². The number of carbonyl (C=O) groups is 1. The van der Waals surface area contributed by atoms with E-state index >= 15 is 0 Å². The molecule has 2 rings (SSSR count). The highest BCUT2D eigenvalue weighted by Gasteiger charge is 2.33. The van der Waals surface area contributed by atoms with Crippen LogP contribution in [0.4, 0.5) is 5.69 Å². The lowest BCUT2D eigenvalue weighted by Gasteiger charge is -2.27. The van der Waals surface area contributed by atoms with E-state index in [2.05, 4.69) is 12.2 Å². The van der Waals surface area contributed by atoms with Gasteiger partial charge in [0.25, 0.3) is 0 Å². The molecule has 2 unspecified atom stereocenters. The lowest BCUT2D eigenvalue weighted by molar-refractivity contribution is -0.122. The Balaban J connectivity index is 2.28. The van der Waals surface area contributed by atoms with Crippen molar-refractivity contribution in [3.63, 3.8) is 0 Å². The zero-order chi connectivity index (χ0) is 14.0. The van der Waals surface area contributed by atoms with Crippen LogP contribution in [-0.2, 0) is 4.79 Å². The number of anilines is 1. The van der Waals surface area contributed by atoms with Crippen LogP contribution >= 0.6 is 0 Å². The molecule has 2 atom stereocenters. The van der Waals surface area contributed by atoms with Crippen molar-refractivity contribution in [1.29, 1.82) is 0 Å². The molecule has 0 saturated carbocycles. The fraction of sp³-hybridized carbons (Fsp3) is 0.533. The summed E-state index contributed by atoms with van der Waals surface area (Å²) in [4.78, 5) is 14.4. The van der Waals surface area contributed by atoms with Gasteiger partial charge in [0.2, 0.25) is 5.91 Å². The number of phenols is 1. The number of aryl methyl sites for hydroxylation is 1. The Kier molecular flexibility index (Phi) is 4.10. The van der Waals surface area contributed by atoms with Gasteiger partial charge in [-0.25, -0.2) is 0 Å². The molecule has 0 aliphatic carbocycles. The molecule has 0 aromatic heterocycles. The van der Waals surface area contributed by atoms with Gasteiger partial charge in [-0.15, -0.1) is 0 Å². The van der Waals surface area contributed by atoms with E-state index in [-0.39, 0.29) is 17.6 Å². The molecule has 104 valence electrons. The van der Waals surface area contributed by atoms with Crippen molar-refractivity contribution in [2.45, 2.75) is 20.8 Å². The Morgan fingerprint density at radius 3 is 2.79 bits per heavy atom. The van der Waals surface area contributed by atoms with Gasteiger partial charge in [0.15, 0.2) is 0 Å². The fourth-order valence-corrected chi connectivity index (χ4v) is 2.67. The third kappa shape index (κ3) is 2.73. The molecule has 1 aliphatic heterocycles. The van der Waals surface area contributed by atoms with Gasteiger partial charge in [-0.05, 0) is 37.9 Å². The van der Waals surface area contributed by atoms with Crippen LogP contribution in [0.3, 0.4) is 0 Å². The van der Waals surface area contributed by atoms with Crippen LogP contribution in [0.2, 0.25) is 0 Å². The summed E-state index contributed by atoms with van der Waals surface area (Å²) in [7, 11) is 0. The molecule has 2 N–H and O–H groups in total. The van der Waals surface area contributed by atoms with Crippen molar-refractivity contribution in [2.75, 3.05) is 24.5 Å². The summed E-state index contributed by atoms with van der Waals surface area (Å²) < 4.78 is 0. The van der Waals surface area contributed by atoms with Gasteiger partial charge in [-0.3, -0.25) is 4.79 Å². The summed E-state index contributed by atoms with van der Waals surface area (Å²) in [5, 5.41) is 12.9. The number of nitrogens with zero attached hydrogens (tertiary/aromatic N) is 1. The zero-order valence-electron chi connectivity index (χ0n) is 11.8. The van der Waals surface area contributed by atoms with Crippen molar-refractivity contribution in [3.05, 3.63) is 23.8 Å². The molecule has 1 aliphatic rings. The highest BCUT2D eigenvalue weighted by Crippen LogP contribution is 2.28. The number of phenolic OH excluding ortho intramolecular Hbond substituents is 1. The third-order valence-electron chi connectivity index (χ3n) is 3.90. The largest absolute Gasteiger partial charge is 0.508 e. The van der Waals surface area contributed by atoms with Gasteiger partial charge in [-0.2, -0.15) is 0 Å². The predicted octanol–water partition coefficient (Wildman–Crippen LogP) is 1.91. The molecule has 0 bridgehead atoms. The maximum absolute atomic E-state index is 12.7. The quantitative estimate of drug-likeness (QED) is 0.875. The second-order valence-corrected chi connectivity index (χ2v) is 5.30. The Morgan fingerprint density at radius 2 is 2.21 bits per heavy atom. The number of nitrogens with one attached hydrogen (secondary N) is 1. The topological polar surface area (TPSA) is 52.6 Å². The summed E-state index contributed by atoms with van der Waals surface area (Å²) in [6, 6.07) is 5.16. The maximum atomic E-state index is 12.7. The second-order valence-electron chi connectivity index (χ2n) is 5.30. The number of amides is 1. The number of hydrogen-bond acceptors (Lipinski definition) is 3. The van der Waals surface area contributed by atoms with E-state index in [0.29, 0.717) is 12.5 Å². The van der Waals surface area contributed by atoms with Crippen LogP contribution in [0.5, 0.6) is 5.75 Å². The standard InChI is InChI=1S/C15H22N2O2/c1-4-17(14-7-12(18)6-5-10(14)2)15(19)13-9-16-8-11(13)3/h5-7,11,13,16,18H,4,8-9H2,1-3H3. The minimum atomic E-state index is 0.0294. The minimum Gasteiger partial charge on any atom is -0.508 e. The monoisotopic (exact) mass is 262 g/mol. The molecule has 4 heteroatoms. The Bertz CT molecular complexity index is 473. The predicted molar refractivity (Wildman–Crippen MR) is 76.4 cm³/mol. The van der Waals surface area contributed by atoms with E-state index < -0.39 is 0 Å². The number of carbonyl (C=O) groups excluding carboxylic acids is 1. The molecule has 0 spiro atoms.